The molecule has 1 aliphatic heterocycles. The van der Waals surface area contributed by atoms with Gasteiger partial charge in [0.05, 0.1) is 23.3 Å². The Labute approximate surface area is 179 Å². The van der Waals surface area contributed by atoms with Gasteiger partial charge in [0.25, 0.3) is 0 Å². The molecular weight excluding hydrogens is 404 g/mol. The van der Waals surface area contributed by atoms with Crippen LogP contribution in [0.15, 0.2) is 36.4 Å². The van der Waals surface area contributed by atoms with Gasteiger partial charge in [0, 0.05) is 43.2 Å². The number of carbonyl (C=O) groups is 1. The summed E-state index contributed by atoms with van der Waals surface area (Å²) in [6.07, 6.45) is 0.859. The number of methoxy groups -OCH3 is 1. The standard InChI is InChI=1S/C21H23ClN6O2/c1-12(29)24-14-7-8-28(11-14)20-16-5-4-15(30-2)10-19(16)26-21(27-20)25-13-3-6-17(22)18(23)9-13/h3-6,9-10,14H,7-8,11,23H2,1-2H3,(H,24,29)(H,25,26,27)/t14-/m0/s1. The van der Waals surface area contributed by atoms with Crippen LogP contribution in [-0.4, -0.2) is 42.1 Å². The van der Waals surface area contributed by atoms with E-state index in [9.17, 15) is 4.79 Å². The number of fused-ring (bicyclic) bond motifs is 1. The van der Waals surface area contributed by atoms with Gasteiger partial charge in [-0.15, -0.1) is 0 Å². The lowest BCUT2D eigenvalue weighted by atomic mass is 10.2. The molecule has 8 nitrogen and oxygen atoms in total. The summed E-state index contributed by atoms with van der Waals surface area (Å²) in [6, 6.07) is 11.1. The smallest absolute Gasteiger partial charge is 0.229 e. The van der Waals surface area contributed by atoms with Gasteiger partial charge >= 0.3 is 0 Å². The van der Waals surface area contributed by atoms with Crippen molar-refractivity contribution in [2.75, 3.05) is 36.1 Å². The quantitative estimate of drug-likeness (QED) is 0.537. The first kappa shape index (κ1) is 20.0. The van der Waals surface area contributed by atoms with Crippen LogP contribution in [-0.2, 0) is 4.79 Å². The molecule has 1 aromatic heterocycles. The number of nitrogens with one attached hydrogen (secondary N) is 2. The lowest BCUT2D eigenvalue weighted by Crippen LogP contribution is -2.35. The molecule has 0 spiro atoms. The van der Waals surface area contributed by atoms with Gasteiger partial charge < -0.3 is 26.0 Å². The van der Waals surface area contributed by atoms with Crippen molar-refractivity contribution < 1.29 is 9.53 Å². The van der Waals surface area contributed by atoms with Gasteiger partial charge in [-0.3, -0.25) is 4.79 Å². The third-order valence-corrected chi connectivity index (χ3v) is 5.38. The van der Waals surface area contributed by atoms with E-state index in [2.05, 4.69) is 20.5 Å². The molecule has 0 saturated carbocycles. The normalized spacial score (nSPS) is 16.0. The highest BCUT2D eigenvalue weighted by molar-refractivity contribution is 6.33. The maximum Gasteiger partial charge on any atom is 0.229 e. The van der Waals surface area contributed by atoms with Crippen LogP contribution in [0.1, 0.15) is 13.3 Å². The van der Waals surface area contributed by atoms with Crippen molar-refractivity contribution in [3.8, 4) is 5.75 Å². The molecule has 0 unspecified atom stereocenters. The van der Waals surface area contributed by atoms with E-state index < -0.39 is 0 Å². The van der Waals surface area contributed by atoms with Gasteiger partial charge in [-0.1, -0.05) is 11.6 Å². The van der Waals surface area contributed by atoms with E-state index in [4.69, 9.17) is 27.1 Å². The molecule has 1 saturated heterocycles. The van der Waals surface area contributed by atoms with Crippen LogP contribution >= 0.6 is 11.6 Å². The molecule has 1 atom stereocenters. The minimum Gasteiger partial charge on any atom is -0.497 e. The Morgan fingerprint density at radius 2 is 2.10 bits per heavy atom. The van der Waals surface area contributed by atoms with Crippen molar-refractivity contribution in [1.82, 2.24) is 15.3 Å². The Morgan fingerprint density at radius 3 is 2.83 bits per heavy atom. The van der Waals surface area contributed by atoms with Gasteiger partial charge in [-0.25, -0.2) is 4.98 Å². The third kappa shape index (κ3) is 4.18. The van der Waals surface area contributed by atoms with Crippen molar-refractivity contribution in [3.05, 3.63) is 41.4 Å². The van der Waals surface area contributed by atoms with Gasteiger partial charge in [0.15, 0.2) is 0 Å². The number of hydrogen-bond acceptors (Lipinski definition) is 7. The molecular formula is C21H23ClN6O2. The summed E-state index contributed by atoms with van der Waals surface area (Å²) < 4.78 is 5.36. The average Bonchev–Trinajstić information content (AvgIpc) is 3.17. The number of carbonyl (C=O) groups excluding carboxylic acids is 1. The van der Waals surface area contributed by atoms with Gasteiger partial charge in [0.2, 0.25) is 11.9 Å². The maximum atomic E-state index is 11.4. The lowest BCUT2D eigenvalue weighted by molar-refractivity contribution is -0.119. The van der Waals surface area contributed by atoms with Crippen LogP contribution in [0.3, 0.4) is 0 Å². The lowest BCUT2D eigenvalue weighted by Gasteiger charge is -2.21. The molecule has 3 aromatic rings. The topological polar surface area (TPSA) is 105 Å². The van der Waals surface area contributed by atoms with E-state index in [1.54, 1.807) is 19.2 Å². The Hall–Kier alpha value is -3.26. The number of benzene rings is 2. The third-order valence-electron chi connectivity index (χ3n) is 5.03. The minimum absolute atomic E-state index is 0.0261. The fraction of sp³-hybridized carbons (Fsp3) is 0.286. The molecule has 4 N–H and O–H groups in total. The first-order chi connectivity index (χ1) is 14.4. The van der Waals surface area contributed by atoms with Crippen molar-refractivity contribution >= 4 is 51.6 Å². The number of hydrogen-bond donors (Lipinski definition) is 3. The number of anilines is 4. The molecule has 9 heteroatoms. The van der Waals surface area contributed by atoms with E-state index in [0.717, 1.165) is 35.4 Å². The summed E-state index contributed by atoms with van der Waals surface area (Å²) in [7, 11) is 1.62. The molecule has 2 aromatic carbocycles. The zero-order valence-corrected chi connectivity index (χ0v) is 17.5. The molecule has 0 bridgehead atoms. The number of nitrogens with two attached hydrogens (primary N) is 1. The van der Waals surface area contributed by atoms with Crippen molar-refractivity contribution in [1.29, 1.82) is 0 Å². The first-order valence-corrected chi connectivity index (χ1v) is 10.0. The van der Waals surface area contributed by atoms with Gasteiger partial charge in [-0.05, 0) is 36.8 Å². The minimum atomic E-state index is -0.0261. The number of halogens is 1. The highest BCUT2D eigenvalue weighted by Crippen LogP contribution is 2.32. The molecule has 2 heterocycles. The van der Waals surface area contributed by atoms with Crippen molar-refractivity contribution in [2.24, 2.45) is 0 Å². The molecule has 0 radical (unpaired) electrons. The first-order valence-electron chi connectivity index (χ1n) is 9.63. The van der Waals surface area contributed by atoms with Crippen LogP contribution in [0.25, 0.3) is 10.9 Å². The summed E-state index contributed by atoms with van der Waals surface area (Å²) in [5.74, 6) is 1.93. The zero-order chi connectivity index (χ0) is 21.3. The van der Waals surface area contributed by atoms with E-state index in [1.165, 1.54) is 6.92 Å². The molecule has 1 amide bonds. The van der Waals surface area contributed by atoms with E-state index in [0.29, 0.717) is 29.0 Å². The van der Waals surface area contributed by atoms with Crippen LogP contribution in [0.5, 0.6) is 5.75 Å². The number of ether oxygens (including phenoxy) is 1. The zero-order valence-electron chi connectivity index (χ0n) is 16.8. The number of nitrogens with zero attached hydrogens (tertiary/aromatic N) is 3. The fourth-order valence-electron chi connectivity index (χ4n) is 3.63. The van der Waals surface area contributed by atoms with Crippen molar-refractivity contribution in [3.63, 3.8) is 0 Å². The Morgan fingerprint density at radius 1 is 1.27 bits per heavy atom. The number of aromatic nitrogens is 2. The molecule has 1 fully saturated rings. The average molecular weight is 427 g/mol. The number of rotatable bonds is 5. The van der Waals surface area contributed by atoms with Crippen LogP contribution in [0.2, 0.25) is 5.02 Å². The maximum absolute atomic E-state index is 11.4. The summed E-state index contributed by atoms with van der Waals surface area (Å²) in [5, 5.41) is 7.61. The molecule has 156 valence electrons. The van der Waals surface area contributed by atoms with E-state index in [-0.39, 0.29) is 11.9 Å². The molecule has 30 heavy (non-hydrogen) atoms. The van der Waals surface area contributed by atoms with E-state index in [1.807, 2.05) is 24.3 Å². The Kier molecular flexibility index (Phi) is 5.50. The van der Waals surface area contributed by atoms with Crippen molar-refractivity contribution in [2.45, 2.75) is 19.4 Å². The predicted octanol–water partition coefficient (Wildman–Crippen LogP) is 3.33. The summed E-state index contributed by atoms with van der Waals surface area (Å²) >= 11 is 6.02. The summed E-state index contributed by atoms with van der Waals surface area (Å²) in [5.41, 5.74) is 7.88. The second-order valence-corrected chi connectivity index (χ2v) is 7.65. The van der Waals surface area contributed by atoms with Gasteiger partial charge in [0.1, 0.15) is 11.6 Å². The van der Waals surface area contributed by atoms with Crippen LogP contribution in [0, 0.1) is 0 Å². The fourth-order valence-corrected chi connectivity index (χ4v) is 3.74. The highest BCUT2D eigenvalue weighted by Gasteiger charge is 2.26. The number of amides is 1. The summed E-state index contributed by atoms with van der Waals surface area (Å²) in [6.45, 7) is 3.01. The van der Waals surface area contributed by atoms with Crippen LogP contribution < -0.4 is 26.0 Å². The highest BCUT2D eigenvalue weighted by atomic mass is 35.5. The summed E-state index contributed by atoms with van der Waals surface area (Å²) in [4.78, 5) is 23.0. The van der Waals surface area contributed by atoms with Crippen LogP contribution in [0.4, 0.5) is 23.1 Å². The van der Waals surface area contributed by atoms with Gasteiger partial charge in [-0.2, -0.15) is 4.98 Å². The number of nitrogen functional groups attached to an aromatic ring is 1. The SMILES string of the molecule is COc1ccc2c(N3CC[C@H](NC(C)=O)C3)nc(Nc3ccc(Cl)c(N)c3)nc2c1. The Balaban J connectivity index is 1.72. The second kappa shape index (κ2) is 8.23. The molecule has 4 rings (SSSR count). The molecule has 1 aliphatic rings. The monoisotopic (exact) mass is 426 g/mol. The predicted molar refractivity (Wildman–Crippen MR) is 120 cm³/mol. The molecule has 0 aliphatic carbocycles. The second-order valence-electron chi connectivity index (χ2n) is 7.25. The largest absolute Gasteiger partial charge is 0.497 e. The Bertz CT molecular complexity index is 1110. The van der Waals surface area contributed by atoms with E-state index >= 15 is 0 Å².